The summed E-state index contributed by atoms with van der Waals surface area (Å²) in [5.41, 5.74) is 2.22. The number of thiophene rings is 1. The Hall–Kier alpha value is -1.94. The molecule has 0 spiro atoms. The number of fused-ring (bicyclic) bond motifs is 5. The van der Waals surface area contributed by atoms with Gasteiger partial charge < -0.3 is 0 Å². The van der Waals surface area contributed by atoms with Crippen LogP contribution < -0.4 is 0 Å². The maximum atomic E-state index is 6.38. The molecule has 3 aromatic carbocycles. The van der Waals surface area contributed by atoms with Gasteiger partial charge in [0.25, 0.3) is 0 Å². The monoisotopic (exact) mass is 351 g/mol. The molecule has 0 unspecified atom stereocenters. The number of halogens is 1. The van der Waals surface area contributed by atoms with Crippen molar-refractivity contribution in [3.05, 3.63) is 65.7 Å². The molecule has 0 radical (unpaired) electrons. The van der Waals surface area contributed by atoms with Gasteiger partial charge in [0.05, 0.1) is 19.9 Å². The van der Waals surface area contributed by atoms with Gasteiger partial charge in [-0.1, -0.05) is 54.1 Å². The van der Waals surface area contributed by atoms with E-state index < -0.39 is 0 Å². The third kappa shape index (κ3) is 2.01. The predicted molar refractivity (Wildman–Crippen MR) is 103 cm³/mol. The van der Waals surface area contributed by atoms with E-state index in [0.29, 0.717) is 0 Å². The molecule has 0 bridgehead atoms. The van der Waals surface area contributed by atoms with Crippen molar-refractivity contribution >= 4 is 64.7 Å². The maximum Gasteiger partial charge on any atom is 0.124 e. The lowest BCUT2D eigenvalue weighted by Crippen LogP contribution is -1.73. The molecule has 4 heteroatoms. The molecule has 0 fully saturated rings. The fourth-order valence-corrected chi connectivity index (χ4v) is 5.54. The Morgan fingerprint density at radius 2 is 1.65 bits per heavy atom. The third-order valence-corrected chi connectivity index (χ3v) is 6.76. The van der Waals surface area contributed by atoms with Crippen molar-refractivity contribution < 1.29 is 0 Å². The molecule has 0 saturated heterocycles. The molecule has 0 N–H and O–H groups in total. The van der Waals surface area contributed by atoms with Crippen LogP contribution in [0.5, 0.6) is 0 Å². The summed E-state index contributed by atoms with van der Waals surface area (Å²) in [6.45, 7) is 0. The van der Waals surface area contributed by atoms with E-state index in [1.54, 1.807) is 22.7 Å². The van der Waals surface area contributed by atoms with Gasteiger partial charge in [-0.15, -0.1) is 22.7 Å². The Kier molecular flexibility index (Phi) is 2.95. The number of nitrogens with zero attached hydrogens (tertiary/aromatic N) is 1. The number of hydrogen-bond acceptors (Lipinski definition) is 3. The topological polar surface area (TPSA) is 12.9 Å². The highest BCUT2D eigenvalue weighted by Gasteiger charge is 2.14. The fourth-order valence-electron chi connectivity index (χ4n) is 2.94. The minimum Gasteiger partial charge on any atom is -0.236 e. The number of rotatable bonds is 1. The molecule has 0 aliphatic carbocycles. The van der Waals surface area contributed by atoms with Crippen LogP contribution in [0.15, 0.2) is 60.7 Å². The second-order valence-corrected chi connectivity index (χ2v) is 7.85. The summed E-state index contributed by atoms with van der Waals surface area (Å²) in [5.74, 6) is 0. The summed E-state index contributed by atoms with van der Waals surface area (Å²) < 4.78 is 3.67. The van der Waals surface area contributed by atoms with Crippen molar-refractivity contribution in [2.24, 2.45) is 0 Å². The van der Waals surface area contributed by atoms with Crippen LogP contribution >= 0.6 is 34.3 Å². The Morgan fingerprint density at radius 1 is 0.783 bits per heavy atom. The highest BCUT2D eigenvalue weighted by atomic mass is 35.5. The fraction of sp³-hybridized carbons (Fsp3) is 0. The van der Waals surface area contributed by atoms with E-state index >= 15 is 0 Å². The highest BCUT2D eigenvalue weighted by molar-refractivity contribution is 7.28. The van der Waals surface area contributed by atoms with Crippen molar-refractivity contribution in [1.82, 2.24) is 4.98 Å². The Morgan fingerprint density at radius 3 is 2.52 bits per heavy atom. The zero-order chi connectivity index (χ0) is 15.4. The van der Waals surface area contributed by atoms with Gasteiger partial charge in [0.2, 0.25) is 0 Å². The lowest BCUT2D eigenvalue weighted by molar-refractivity contribution is 1.48. The van der Waals surface area contributed by atoms with Crippen molar-refractivity contribution in [3.8, 4) is 10.6 Å². The van der Waals surface area contributed by atoms with Gasteiger partial charge in [0.1, 0.15) is 5.01 Å². The summed E-state index contributed by atoms with van der Waals surface area (Å²) in [6, 6.07) is 20.8. The largest absolute Gasteiger partial charge is 0.236 e. The van der Waals surface area contributed by atoms with Crippen molar-refractivity contribution in [3.63, 3.8) is 0 Å². The number of benzene rings is 3. The third-order valence-electron chi connectivity index (χ3n) is 3.99. The van der Waals surface area contributed by atoms with Crippen molar-refractivity contribution in [1.29, 1.82) is 0 Å². The van der Waals surface area contributed by atoms with Crippen LogP contribution in [0.1, 0.15) is 0 Å². The molecule has 2 aromatic heterocycles. The highest BCUT2D eigenvalue weighted by Crippen LogP contribution is 2.44. The summed E-state index contributed by atoms with van der Waals surface area (Å²) in [7, 11) is 0. The Bertz CT molecular complexity index is 1170. The first kappa shape index (κ1) is 13.5. The molecule has 1 nitrogen and oxygen atoms in total. The number of aromatic nitrogens is 1. The summed E-state index contributed by atoms with van der Waals surface area (Å²) in [6.07, 6.45) is 0. The Balaban J connectivity index is 1.91. The van der Waals surface area contributed by atoms with Gasteiger partial charge in [-0.3, -0.25) is 0 Å². The number of hydrogen-bond donors (Lipinski definition) is 0. The molecule has 5 aromatic rings. The first-order chi connectivity index (χ1) is 11.3. The first-order valence-corrected chi connectivity index (χ1v) is 9.28. The molecule has 0 amide bonds. The molecule has 5 rings (SSSR count). The molecular formula is C19H10ClNS2. The lowest BCUT2D eigenvalue weighted by Gasteiger charge is -1.94. The lowest BCUT2D eigenvalue weighted by atomic mass is 10.1. The van der Waals surface area contributed by atoms with E-state index in [4.69, 9.17) is 16.6 Å². The average molecular weight is 352 g/mol. The van der Waals surface area contributed by atoms with Gasteiger partial charge in [-0.25, -0.2) is 4.98 Å². The maximum absolute atomic E-state index is 6.38. The standard InChI is InChI=1S/C19H10ClNS2/c20-13-8-4-7-12-16-15(22-17(12)13)10-9-14-18(16)23-19(21-14)11-5-2-1-3-6-11/h1-10H. The van der Waals surface area contributed by atoms with Crippen LogP contribution in [0.4, 0.5) is 0 Å². The van der Waals surface area contributed by atoms with E-state index in [0.717, 1.165) is 20.2 Å². The summed E-state index contributed by atoms with van der Waals surface area (Å²) in [5, 5.41) is 4.40. The van der Waals surface area contributed by atoms with E-state index in [2.05, 4.69) is 42.5 Å². The van der Waals surface area contributed by atoms with Crippen LogP contribution in [0, 0.1) is 0 Å². The molecular weight excluding hydrogens is 342 g/mol. The zero-order valence-corrected chi connectivity index (χ0v) is 14.3. The van der Waals surface area contributed by atoms with Crippen LogP contribution in [-0.4, -0.2) is 4.98 Å². The smallest absolute Gasteiger partial charge is 0.124 e. The van der Waals surface area contributed by atoms with Crippen LogP contribution in [0.25, 0.3) is 41.0 Å². The molecule has 0 aliphatic heterocycles. The average Bonchev–Trinajstić information content (AvgIpc) is 3.17. The molecule has 110 valence electrons. The van der Waals surface area contributed by atoms with Crippen molar-refractivity contribution in [2.75, 3.05) is 0 Å². The second-order valence-electron chi connectivity index (χ2n) is 5.39. The van der Waals surface area contributed by atoms with Gasteiger partial charge in [0, 0.05) is 21.0 Å². The molecule has 0 atom stereocenters. The molecule has 0 saturated carbocycles. The van der Waals surface area contributed by atoms with E-state index in [-0.39, 0.29) is 0 Å². The summed E-state index contributed by atoms with van der Waals surface area (Å²) in [4.78, 5) is 4.83. The second kappa shape index (κ2) is 5.03. The molecule has 23 heavy (non-hydrogen) atoms. The van der Waals surface area contributed by atoms with Crippen LogP contribution in [-0.2, 0) is 0 Å². The minimum absolute atomic E-state index is 0.824. The van der Waals surface area contributed by atoms with Gasteiger partial charge >= 0.3 is 0 Å². The first-order valence-electron chi connectivity index (χ1n) is 7.27. The van der Waals surface area contributed by atoms with E-state index in [1.807, 2.05) is 18.2 Å². The van der Waals surface area contributed by atoms with Gasteiger partial charge in [0.15, 0.2) is 0 Å². The number of thiazole rings is 1. The normalized spacial score (nSPS) is 11.7. The quantitative estimate of drug-likeness (QED) is 0.317. The van der Waals surface area contributed by atoms with Crippen LogP contribution in [0.2, 0.25) is 5.02 Å². The molecule has 0 aliphatic rings. The van der Waals surface area contributed by atoms with Gasteiger partial charge in [-0.05, 0) is 18.2 Å². The van der Waals surface area contributed by atoms with E-state index in [9.17, 15) is 0 Å². The summed E-state index contributed by atoms with van der Waals surface area (Å²) >= 11 is 9.89. The van der Waals surface area contributed by atoms with Crippen molar-refractivity contribution in [2.45, 2.75) is 0 Å². The SMILES string of the molecule is Clc1cccc2c1sc1ccc3nc(-c4ccccc4)sc3c12. The minimum atomic E-state index is 0.824. The predicted octanol–water partition coefficient (Wildman–Crippen LogP) is 6.98. The van der Waals surface area contributed by atoms with Crippen LogP contribution in [0.3, 0.4) is 0 Å². The van der Waals surface area contributed by atoms with Gasteiger partial charge in [-0.2, -0.15) is 0 Å². The zero-order valence-electron chi connectivity index (χ0n) is 11.9. The van der Waals surface area contributed by atoms with E-state index in [1.165, 1.54) is 25.7 Å². The molecule has 2 heterocycles. The Labute approximate surface area is 145 Å².